The van der Waals surface area contributed by atoms with E-state index in [1.807, 2.05) is 0 Å². The number of H-pyrrole nitrogens is 1. The fraction of sp³-hybridized carbons (Fsp3) is 0.533. The van der Waals surface area contributed by atoms with Crippen LogP contribution in [0.3, 0.4) is 0 Å². The van der Waals surface area contributed by atoms with Crippen LogP contribution in [-0.2, 0) is 0 Å². The van der Waals surface area contributed by atoms with Crippen molar-refractivity contribution in [3.8, 4) is 0 Å². The molecule has 102 valence electrons. The van der Waals surface area contributed by atoms with Gasteiger partial charge in [-0.05, 0) is 30.7 Å². The molecule has 3 rings (SSSR count). The van der Waals surface area contributed by atoms with Crippen LogP contribution >= 0.6 is 0 Å². The highest BCUT2D eigenvalue weighted by molar-refractivity contribution is 5.78. The molecule has 1 N–H and O–H groups in total. The Bertz CT molecular complexity index is 565. The van der Waals surface area contributed by atoms with Gasteiger partial charge in [0.25, 0.3) is 0 Å². The van der Waals surface area contributed by atoms with Gasteiger partial charge in [-0.3, -0.25) is 0 Å². The first kappa shape index (κ1) is 12.5. The molecule has 1 aromatic heterocycles. The Balaban J connectivity index is 1.89. The number of anilines is 1. The number of rotatable bonds is 2. The monoisotopic (exact) mass is 258 g/mol. The third kappa shape index (κ3) is 2.45. The first-order valence-electron chi connectivity index (χ1n) is 7.06. The summed E-state index contributed by atoms with van der Waals surface area (Å²) < 4.78 is 0. The molecule has 1 aromatic carbocycles. The Morgan fingerprint density at radius 2 is 1.89 bits per heavy atom. The summed E-state index contributed by atoms with van der Waals surface area (Å²) in [5.74, 6) is 1.57. The van der Waals surface area contributed by atoms with Crippen LogP contribution in [0.1, 0.15) is 25.3 Å². The van der Waals surface area contributed by atoms with E-state index in [1.165, 1.54) is 5.56 Å². The second-order valence-corrected chi connectivity index (χ2v) is 5.78. The number of aromatic amines is 1. The van der Waals surface area contributed by atoms with Gasteiger partial charge in [0, 0.05) is 26.2 Å². The smallest absolute Gasteiger partial charge is 0.203 e. The molecule has 4 heteroatoms. The molecule has 0 unspecified atom stereocenters. The van der Waals surface area contributed by atoms with Crippen LogP contribution in [0.4, 0.5) is 5.95 Å². The van der Waals surface area contributed by atoms with Gasteiger partial charge in [0.1, 0.15) is 0 Å². The summed E-state index contributed by atoms with van der Waals surface area (Å²) in [4.78, 5) is 12.9. The van der Waals surface area contributed by atoms with Crippen molar-refractivity contribution in [2.75, 3.05) is 38.1 Å². The highest BCUT2D eigenvalue weighted by Gasteiger charge is 2.17. The Kier molecular flexibility index (Phi) is 3.19. The van der Waals surface area contributed by atoms with Crippen molar-refractivity contribution in [2.24, 2.45) is 0 Å². The predicted octanol–water partition coefficient (Wildman–Crippen LogP) is 2.44. The van der Waals surface area contributed by atoms with Crippen molar-refractivity contribution < 1.29 is 0 Å². The largest absolute Gasteiger partial charge is 0.340 e. The summed E-state index contributed by atoms with van der Waals surface area (Å²) in [7, 11) is 2.17. The minimum Gasteiger partial charge on any atom is -0.340 e. The van der Waals surface area contributed by atoms with Gasteiger partial charge in [0.05, 0.1) is 11.0 Å². The van der Waals surface area contributed by atoms with Crippen molar-refractivity contribution in [2.45, 2.75) is 19.8 Å². The molecule has 19 heavy (non-hydrogen) atoms. The average molecular weight is 258 g/mol. The van der Waals surface area contributed by atoms with Crippen molar-refractivity contribution in [1.29, 1.82) is 0 Å². The zero-order valence-corrected chi connectivity index (χ0v) is 12.0. The number of aromatic nitrogens is 2. The number of benzene rings is 1. The molecule has 1 aliphatic heterocycles. The van der Waals surface area contributed by atoms with E-state index in [0.717, 1.165) is 43.2 Å². The van der Waals surface area contributed by atoms with E-state index < -0.39 is 0 Å². The number of likely N-dealkylation sites (N-methyl/N-ethyl adjacent to an activating group) is 1. The van der Waals surface area contributed by atoms with Gasteiger partial charge in [-0.15, -0.1) is 0 Å². The van der Waals surface area contributed by atoms with Crippen LogP contribution < -0.4 is 4.90 Å². The Hall–Kier alpha value is -1.55. The van der Waals surface area contributed by atoms with Gasteiger partial charge in [0.15, 0.2) is 0 Å². The minimum absolute atomic E-state index is 0.555. The van der Waals surface area contributed by atoms with Crippen LogP contribution in [0.2, 0.25) is 0 Å². The van der Waals surface area contributed by atoms with Crippen molar-refractivity contribution >= 4 is 17.0 Å². The van der Waals surface area contributed by atoms with Crippen LogP contribution in [-0.4, -0.2) is 48.1 Å². The van der Waals surface area contributed by atoms with Crippen LogP contribution in [0, 0.1) is 0 Å². The topological polar surface area (TPSA) is 35.2 Å². The number of piperazine rings is 1. The maximum Gasteiger partial charge on any atom is 0.203 e. The second kappa shape index (κ2) is 4.85. The standard InChI is InChI=1S/C15H22N4/c1-11(2)12-4-5-13-14(10-12)17-15(16-13)19-8-6-18(3)7-9-19/h4-5,10-11H,6-9H2,1-3H3,(H,16,17). The Morgan fingerprint density at radius 3 is 2.58 bits per heavy atom. The first-order chi connectivity index (χ1) is 9.13. The van der Waals surface area contributed by atoms with E-state index in [2.05, 4.69) is 53.9 Å². The lowest BCUT2D eigenvalue weighted by Gasteiger charge is -2.32. The highest BCUT2D eigenvalue weighted by atomic mass is 15.3. The highest BCUT2D eigenvalue weighted by Crippen LogP contribution is 2.23. The lowest BCUT2D eigenvalue weighted by molar-refractivity contribution is 0.311. The minimum atomic E-state index is 0.555. The molecule has 0 amide bonds. The molecule has 1 aliphatic rings. The SMILES string of the molecule is CC(C)c1ccc2nc(N3CCN(C)CC3)[nH]c2c1. The van der Waals surface area contributed by atoms with Crippen molar-refractivity contribution in [1.82, 2.24) is 14.9 Å². The molecule has 2 heterocycles. The third-order valence-electron chi connectivity index (χ3n) is 3.96. The number of nitrogens with one attached hydrogen (secondary N) is 1. The van der Waals surface area contributed by atoms with Crippen LogP contribution in [0.5, 0.6) is 0 Å². The van der Waals surface area contributed by atoms with E-state index in [0.29, 0.717) is 5.92 Å². The summed E-state index contributed by atoms with van der Waals surface area (Å²) >= 11 is 0. The predicted molar refractivity (Wildman–Crippen MR) is 79.9 cm³/mol. The average Bonchev–Trinajstić information content (AvgIpc) is 2.82. The quantitative estimate of drug-likeness (QED) is 0.898. The Labute approximate surface area is 114 Å². The fourth-order valence-corrected chi connectivity index (χ4v) is 2.54. The van der Waals surface area contributed by atoms with Gasteiger partial charge in [-0.2, -0.15) is 0 Å². The molecule has 1 fully saturated rings. The molecular formula is C15H22N4. The summed E-state index contributed by atoms with van der Waals surface area (Å²) in [6, 6.07) is 6.54. The molecule has 0 bridgehead atoms. The molecule has 0 radical (unpaired) electrons. The van der Waals surface area contributed by atoms with Gasteiger partial charge in [-0.25, -0.2) is 4.98 Å². The lowest BCUT2D eigenvalue weighted by Crippen LogP contribution is -2.44. The number of hydrogen-bond donors (Lipinski definition) is 1. The van der Waals surface area contributed by atoms with Gasteiger partial charge >= 0.3 is 0 Å². The van der Waals surface area contributed by atoms with Gasteiger partial charge in [0.2, 0.25) is 5.95 Å². The van der Waals surface area contributed by atoms with E-state index in [1.54, 1.807) is 0 Å². The molecule has 0 saturated carbocycles. The van der Waals surface area contributed by atoms with Crippen molar-refractivity contribution in [3.05, 3.63) is 23.8 Å². The Morgan fingerprint density at radius 1 is 1.16 bits per heavy atom. The maximum absolute atomic E-state index is 4.71. The molecule has 0 spiro atoms. The second-order valence-electron chi connectivity index (χ2n) is 5.78. The summed E-state index contributed by atoms with van der Waals surface area (Å²) in [6.45, 7) is 8.75. The molecule has 4 nitrogen and oxygen atoms in total. The summed E-state index contributed by atoms with van der Waals surface area (Å²) in [5.41, 5.74) is 3.58. The van der Waals surface area contributed by atoms with E-state index in [4.69, 9.17) is 4.98 Å². The van der Waals surface area contributed by atoms with Crippen molar-refractivity contribution in [3.63, 3.8) is 0 Å². The summed E-state index contributed by atoms with van der Waals surface area (Å²) in [5, 5.41) is 0. The lowest BCUT2D eigenvalue weighted by atomic mass is 10.0. The van der Waals surface area contributed by atoms with Gasteiger partial charge < -0.3 is 14.8 Å². The van der Waals surface area contributed by atoms with E-state index in [-0.39, 0.29) is 0 Å². The molecule has 1 saturated heterocycles. The van der Waals surface area contributed by atoms with E-state index >= 15 is 0 Å². The zero-order valence-electron chi connectivity index (χ0n) is 12.0. The van der Waals surface area contributed by atoms with Crippen LogP contribution in [0.15, 0.2) is 18.2 Å². The molecule has 2 aromatic rings. The summed E-state index contributed by atoms with van der Waals surface area (Å²) in [6.07, 6.45) is 0. The number of nitrogens with zero attached hydrogens (tertiary/aromatic N) is 3. The number of imidazole rings is 1. The third-order valence-corrected chi connectivity index (χ3v) is 3.96. The normalized spacial score (nSPS) is 17.6. The van der Waals surface area contributed by atoms with Gasteiger partial charge in [-0.1, -0.05) is 19.9 Å². The molecule has 0 aliphatic carbocycles. The number of fused-ring (bicyclic) bond motifs is 1. The molecule has 0 atom stereocenters. The molecular weight excluding hydrogens is 236 g/mol. The maximum atomic E-state index is 4.71. The fourth-order valence-electron chi connectivity index (χ4n) is 2.54. The van der Waals surface area contributed by atoms with E-state index in [9.17, 15) is 0 Å². The zero-order chi connectivity index (χ0) is 13.4. The van der Waals surface area contributed by atoms with Crippen LogP contribution in [0.25, 0.3) is 11.0 Å². The first-order valence-corrected chi connectivity index (χ1v) is 7.06. The number of hydrogen-bond acceptors (Lipinski definition) is 3.